The van der Waals surface area contributed by atoms with Gasteiger partial charge in [-0.25, -0.2) is 0 Å². The van der Waals surface area contributed by atoms with Gasteiger partial charge in [-0.1, -0.05) is 35.9 Å². The molecule has 0 saturated heterocycles. The van der Waals surface area contributed by atoms with Crippen LogP contribution in [0, 0.1) is 0 Å². The lowest BCUT2D eigenvalue weighted by molar-refractivity contribution is 0.837. The molecule has 0 amide bonds. The number of benzene rings is 2. The highest BCUT2D eigenvalue weighted by atomic mass is 35.5. The Balaban J connectivity index is 1.95. The van der Waals surface area contributed by atoms with Crippen molar-refractivity contribution in [2.75, 3.05) is 6.54 Å². The fourth-order valence-corrected chi connectivity index (χ4v) is 2.72. The molecule has 2 nitrogen and oxygen atoms in total. The maximum Gasteiger partial charge on any atom is 0.0490 e. The van der Waals surface area contributed by atoms with Crippen LogP contribution in [0.25, 0.3) is 10.9 Å². The molecule has 1 heterocycles. The molecule has 0 aliphatic heterocycles. The first kappa shape index (κ1) is 13.2. The van der Waals surface area contributed by atoms with E-state index in [0.717, 1.165) is 23.6 Å². The molecule has 102 valence electrons. The molecule has 0 spiro atoms. The molecule has 3 aromatic rings. The summed E-state index contributed by atoms with van der Waals surface area (Å²) < 4.78 is 2.22. The summed E-state index contributed by atoms with van der Waals surface area (Å²) >= 11 is 6.23. The van der Waals surface area contributed by atoms with Gasteiger partial charge in [0.15, 0.2) is 0 Å². The maximum absolute atomic E-state index is 6.23. The monoisotopic (exact) mass is 284 g/mol. The molecule has 1 aromatic heterocycles. The molecule has 0 radical (unpaired) electrons. The van der Waals surface area contributed by atoms with Gasteiger partial charge in [-0.15, -0.1) is 0 Å². The Labute approximate surface area is 123 Å². The number of fused-ring (bicyclic) bond motifs is 1. The number of halogens is 1. The fourth-order valence-electron chi connectivity index (χ4n) is 2.52. The first-order valence-electron chi connectivity index (χ1n) is 6.79. The summed E-state index contributed by atoms with van der Waals surface area (Å²) in [5.74, 6) is 0. The second kappa shape index (κ2) is 5.70. The van der Waals surface area contributed by atoms with Gasteiger partial charge in [0, 0.05) is 23.3 Å². The van der Waals surface area contributed by atoms with E-state index in [9.17, 15) is 0 Å². The van der Waals surface area contributed by atoms with Gasteiger partial charge in [0.25, 0.3) is 0 Å². The highest BCUT2D eigenvalue weighted by Crippen LogP contribution is 2.22. The van der Waals surface area contributed by atoms with Crippen LogP contribution in [0.1, 0.15) is 11.1 Å². The van der Waals surface area contributed by atoms with Gasteiger partial charge < -0.3 is 10.3 Å². The lowest BCUT2D eigenvalue weighted by Gasteiger charge is -2.08. The maximum atomic E-state index is 6.23. The third-order valence-electron chi connectivity index (χ3n) is 3.57. The summed E-state index contributed by atoms with van der Waals surface area (Å²) in [4.78, 5) is 0. The predicted octanol–water partition coefficient (Wildman–Crippen LogP) is 3.84. The molecule has 2 N–H and O–H groups in total. The first-order valence-corrected chi connectivity index (χ1v) is 7.17. The average molecular weight is 285 g/mol. The van der Waals surface area contributed by atoms with Crippen LogP contribution in [0.15, 0.2) is 54.7 Å². The van der Waals surface area contributed by atoms with Gasteiger partial charge in [-0.2, -0.15) is 0 Å². The van der Waals surface area contributed by atoms with Crippen LogP contribution < -0.4 is 5.73 Å². The van der Waals surface area contributed by atoms with Crippen molar-refractivity contribution in [1.82, 2.24) is 4.57 Å². The molecular formula is C17H17ClN2. The van der Waals surface area contributed by atoms with Crippen molar-refractivity contribution >= 4 is 22.5 Å². The molecule has 0 saturated carbocycles. The first-order chi connectivity index (χ1) is 9.78. The number of hydrogen-bond acceptors (Lipinski definition) is 1. The van der Waals surface area contributed by atoms with E-state index in [2.05, 4.69) is 41.1 Å². The van der Waals surface area contributed by atoms with E-state index in [0.29, 0.717) is 6.54 Å². The Kier molecular flexibility index (Phi) is 3.77. The molecule has 0 bridgehead atoms. The molecule has 0 atom stereocenters. The molecule has 0 unspecified atom stereocenters. The number of nitrogens with zero attached hydrogens (tertiary/aromatic N) is 1. The molecular weight excluding hydrogens is 268 g/mol. The van der Waals surface area contributed by atoms with Crippen molar-refractivity contribution < 1.29 is 0 Å². The van der Waals surface area contributed by atoms with E-state index < -0.39 is 0 Å². The highest BCUT2D eigenvalue weighted by Gasteiger charge is 2.05. The quantitative estimate of drug-likeness (QED) is 0.775. The van der Waals surface area contributed by atoms with E-state index >= 15 is 0 Å². The zero-order valence-corrected chi connectivity index (χ0v) is 12.0. The van der Waals surface area contributed by atoms with Gasteiger partial charge in [-0.3, -0.25) is 0 Å². The van der Waals surface area contributed by atoms with Gasteiger partial charge >= 0.3 is 0 Å². The Morgan fingerprint density at radius 2 is 1.90 bits per heavy atom. The Hall–Kier alpha value is -1.77. The highest BCUT2D eigenvalue weighted by molar-refractivity contribution is 6.31. The van der Waals surface area contributed by atoms with Gasteiger partial charge in [0.05, 0.1) is 0 Å². The van der Waals surface area contributed by atoms with Crippen molar-refractivity contribution in [3.63, 3.8) is 0 Å². The zero-order valence-electron chi connectivity index (χ0n) is 11.2. The Bertz CT molecular complexity index is 731. The van der Waals surface area contributed by atoms with E-state index in [-0.39, 0.29) is 0 Å². The molecule has 3 heteroatoms. The standard InChI is InChI=1S/C17H17ClN2/c18-16-4-2-1-3-15(16)12-20-10-8-14-11-13(7-9-19)5-6-17(14)20/h1-6,8,10-11H,7,9,12,19H2. The zero-order chi connectivity index (χ0) is 13.9. The molecule has 0 aliphatic rings. The lowest BCUT2D eigenvalue weighted by atomic mass is 10.1. The van der Waals surface area contributed by atoms with Crippen LogP contribution in [0.5, 0.6) is 0 Å². The molecule has 0 aliphatic carbocycles. The van der Waals surface area contributed by atoms with E-state index in [1.807, 2.05) is 18.2 Å². The van der Waals surface area contributed by atoms with Crippen molar-refractivity contribution in [2.45, 2.75) is 13.0 Å². The third kappa shape index (κ3) is 2.58. The van der Waals surface area contributed by atoms with Crippen LogP contribution in [-0.2, 0) is 13.0 Å². The van der Waals surface area contributed by atoms with Crippen LogP contribution in [0.3, 0.4) is 0 Å². The normalized spacial score (nSPS) is 11.1. The fraction of sp³-hybridized carbons (Fsp3) is 0.176. The summed E-state index contributed by atoms with van der Waals surface area (Å²) in [7, 11) is 0. The molecule has 2 aromatic carbocycles. The van der Waals surface area contributed by atoms with Crippen LogP contribution >= 0.6 is 11.6 Å². The second-order valence-corrected chi connectivity index (χ2v) is 5.37. The van der Waals surface area contributed by atoms with E-state index in [1.165, 1.54) is 16.5 Å². The van der Waals surface area contributed by atoms with Crippen molar-refractivity contribution in [3.8, 4) is 0 Å². The summed E-state index contributed by atoms with van der Waals surface area (Å²) in [6, 6.07) is 16.6. The molecule has 0 fully saturated rings. The predicted molar refractivity (Wildman–Crippen MR) is 85.3 cm³/mol. The molecule has 3 rings (SSSR count). The second-order valence-electron chi connectivity index (χ2n) is 4.97. The summed E-state index contributed by atoms with van der Waals surface area (Å²) in [5.41, 5.74) is 9.26. The van der Waals surface area contributed by atoms with Crippen molar-refractivity contribution in [2.24, 2.45) is 5.73 Å². The third-order valence-corrected chi connectivity index (χ3v) is 3.94. The average Bonchev–Trinajstić information content (AvgIpc) is 2.84. The SMILES string of the molecule is NCCc1ccc2c(ccn2Cc2ccccc2Cl)c1. The van der Waals surface area contributed by atoms with Gasteiger partial charge in [0.2, 0.25) is 0 Å². The number of nitrogens with two attached hydrogens (primary N) is 1. The van der Waals surface area contributed by atoms with Crippen LogP contribution in [-0.4, -0.2) is 11.1 Å². The van der Waals surface area contributed by atoms with Crippen LogP contribution in [0.2, 0.25) is 5.02 Å². The Morgan fingerprint density at radius 1 is 1.05 bits per heavy atom. The minimum absolute atomic E-state index is 0.686. The largest absolute Gasteiger partial charge is 0.343 e. The van der Waals surface area contributed by atoms with Crippen LogP contribution in [0.4, 0.5) is 0 Å². The summed E-state index contributed by atoms with van der Waals surface area (Å²) in [5, 5.41) is 2.07. The van der Waals surface area contributed by atoms with E-state index in [4.69, 9.17) is 17.3 Å². The number of aromatic nitrogens is 1. The number of hydrogen-bond donors (Lipinski definition) is 1. The van der Waals surface area contributed by atoms with Crippen molar-refractivity contribution in [3.05, 3.63) is 70.9 Å². The number of rotatable bonds is 4. The lowest BCUT2D eigenvalue weighted by Crippen LogP contribution is -2.02. The smallest absolute Gasteiger partial charge is 0.0490 e. The van der Waals surface area contributed by atoms with Gasteiger partial charge in [0.1, 0.15) is 0 Å². The minimum Gasteiger partial charge on any atom is -0.343 e. The topological polar surface area (TPSA) is 30.9 Å². The van der Waals surface area contributed by atoms with Gasteiger partial charge in [-0.05, 0) is 53.7 Å². The minimum atomic E-state index is 0.686. The molecule has 20 heavy (non-hydrogen) atoms. The van der Waals surface area contributed by atoms with E-state index in [1.54, 1.807) is 0 Å². The summed E-state index contributed by atoms with van der Waals surface area (Å²) in [6.07, 6.45) is 3.03. The van der Waals surface area contributed by atoms with Crippen molar-refractivity contribution in [1.29, 1.82) is 0 Å². The summed E-state index contributed by atoms with van der Waals surface area (Å²) in [6.45, 7) is 1.48. The Morgan fingerprint density at radius 3 is 2.70 bits per heavy atom.